The van der Waals surface area contributed by atoms with Gasteiger partial charge in [0.25, 0.3) is 0 Å². The fourth-order valence-corrected chi connectivity index (χ4v) is 1.34. The van der Waals surface area contributed by atoms with E-state index < -0.39 is 0 Å². The molecule has 0 radical (unpaired) electrons. The first-order valence-corrected chi connectivity index (χ1v) is 5.98. The number of nitrogens with one attached hydrogen (secondary N) is 1. The molecule has 2 amide bonds. The number of carbonyl (C=O) groups excluding carboxylic acids is 3. The van der Waals surface area contributed by atoms with Crippen LogP contribution in [0.1, 0.15) is 19.8 Å². The molecule has 1 unspecified atom stereocenters. The molecule has 104 valence electrons. The summed E-state index contributed by atoms with van der Waals surface area (Å²) in [4.78, 5) is 36.8. The van der Waals surface area contributed by atoms with Gasteiger partial charge in [-0.3, -0.25) is 14.5 Å². The summed E-state index contributed by atoms with van der Waals surface area (Å²) in [6.07, 6.45) is 1.22. The lowest BCUT2D eigenvalue weighted by molar-refractivity contribution is -0.135. The Morgan fingerprint density at radius 3 is 2.39 bits per heavy atom. The molecule has 0 spiro atoms. The molecule has 6 heteroatoms. The summed E-state index contributed by atoms with van der Waals surface area (Å²) in [6.45, 7) is 2.55. The van der Waals surface area contributed by atoms with Crippen LogP contribution in [-0.4, -0.2) is 62.3 Å². The highest BCUT2D eigenvalue weighted by atomic mass is 16.2. The SMILES string of the molecule is CC(CC=O)C(=O)N(C)CCC(=O)NCN(C)C. The minimum atomic E-state index is -0.322. The number of amides is 2. The zero-order valence-corrected chi connectivity index (χ0v) is 11.6. The van der Waals surface area contributed by atoms with Gasteiger partial charge in [-0.25, -0.2) is 0 Å². The monoisotopic (exact) mass is 257 g/mol. The van der Waals surface area contributed by atoms with Crippen LogP contribution in [0.3, 0.4) is 0 Å². The lowest BCUT2D eigenvalue weighted by Gasteiger charge is -2.20. The summed E-state index contributed by atoms with van der Waals surface area (Å²) in [6, 6.07) is 0. The van der Waals surface area contributed by atoms with Crippen molar-refractivity contribution in [3.63, 3.8) is 0 Å². The van der Waals surface area contributed by atoms with E-state index in [0.717, 1.165) is 6.29 Å². The standard InChI is InChI=1S/C12H23N3O3/c1-10(6-8-16)12(18)15(4)7-5-11(17)13-9-14(2)3/h8,10H,5-7,9H2,1-4H3,(H,13,17). The first kappa shape index (κ1) is 16.6. The van der Waals surface area contributed by atoms with Crippen LogP contribution in [0.4, 0.5) is 0 Å². The summed E-state index contributed by atoms with van der Waals surface area (Å²) in [5, 5.41) is 2.72. The Hall–Kier alpha value is -1.43. The second-order valence-electron chi connectivity index (χ2n) is 4.65. The van der Waals surface area contributed by atoms with Crippen molar-refractivity contribution in [3.05, 3.63) is 0 Å². The Bertz CT molecular complexity index is 292. The molecular weight excluding hydrogens is 234 g/mol. The summed E-state index contributed by atoms with van der Waals surface area (Å²) < 4.78 is 0. The maximum absolute atomic E-state index is 11.7. The second-order valence-corrected chi connectivity index (χ2v) is 4.65. The van der Waals surface area contributed by atoms with Gasteiger partial charge < -0.3 is 15.0 Å². The van der Waals surface area contributed by atoms with Crippen molar-refractivity contribution < 1.29 is 14.4 Å². The van der Waals surface area contributed by atoms with Crippen molar-refractivity contribution >= 4 is 18.1 Å². The van der Waals surface area contributed by atoms with Crippen LogP contribution in [0, 0.1) is 5.92 Å². The van der Waals surface area contributed by atoms with Crippen LogP contribution in [0.25, 0.3) is 0 Å². The van der Waals surface area contributed by atoms with E-state index in [0.29, 0.717) is 13.2 Å². The summed E-state index contributed by atoms with van der Waals surface area (Å²) in [7, 11) is 5.36. The fourth-order valence-electron chi connectivity index (χ4n) is 1.34. The van der Waals surface area contributed by atoms with E-state index in [4.69, 9.17) is 0 Å². The molecule has 0 bridgehead atoms. The Balaban J connectivity index is 3.94. The van der Waals surface area contributed by atoms with E-state index in [2.05, 4.69) is 5.32 Å². The molecule has 1 atom stereocenters. The first-order chi connectivity index (χ1) is 8.38. The van der Waals surface area contributed by atoms with Gasteiger partial charge in [-0.1, -0.05) is 6.92 Å². The molecule has 0 aliphatic heterocycles. The van der Waals surface area contributed by atoms with E-state index in [1.165, 1.54) is 4.90 Å². The minimum Gasteiger partial charge on any atom is -0.345 e. The molecule has 0 rings (SSSR count). The van der Waals surface area contributed by atoms with Crippen molar-refractivity contribution in [1.82, 2.24) is 15.1 Å². The van der Waals surface area contributed by atoms with Gasteiger partial charge in [0.1, 0.15) is 6.29 Å². The molecule has 0 saturated heterocycles. The summed E-state index contributed by atoms with van der Waals surface area (Å²) in [5.41, 5.74) is 0. The Morgan fingerprint density at radius 1 is 1.28 bits per heavy atom. The third kappa shape index (κ3) is 7.01. The summed E-state index contributed by atoms with van der Waals surface area (Å²) >= 11 is 0. The van der Waals surface area contributed by atoms with Crippen LogP contribution in [0.15, 0.2) is 0 Å². The number of carbonyl (C=O) groups is 3. The molecule has 0 aromatic rings. The quantitative estimate of drug-likeness (QED) is 0.478. The second kappa shape index (κ2) is 8.63. The van der Waals surface area contributed by atoms with Gasteiger partial charge in [-0.2, -0.15) is 0 Å². The highest BCUT2D eigenvalue weighted by molar-refractivity contribution is 5.81. The Kier molecular flexibility index (Phi) is 7.94. The molecule has 0 aliphatic rings. The molecule has 0 heterocycles. The van der Waals surface area contributed by atoms with Gasteiger partial charge in [0.05, 0.1) is 6.67 Å². The highest BCUT2D eigenvalue weighted by Crippen LogP contribution is 2.04. The third-order valence-electron chi connectivity index (χ3n) is 2.51. The van der Waals surface area contributed by atoms with Gasteiger partial charge in [-0.15, -0.1) is 0 Å². The van der Waals surface area contributed by atoms with Crippen molar-refractivity contribution in [2.45, 2.75) is 19.8 Å². The van der Waals surface area contributed by atoms with E-state index in [9.17, 15) is 14.4 Å². The van der Waals surface area contributed by atoms with Crippen molar-refractivity contribution in [3.8, 4) is 0 Å². The average Bonchev–Trinajstić information content (AvgIpc) is 2.32. The maximum Gasteiger partial charge on any atom is 0.225 e. The third-order valence-corrected chi connectivity index (χ3v) is 2.51. The molecule has 0 aromatic heterocycles. The number of hydrogen-bond acceptors (Lipinski definition) is 4. The zero-order valence-electron chi connectivity index (χ0n) is 11.6. The predicted octanol–water partition coefficient (Wildman–Crippen LogP) is -0.305. The van der Waals surface area contributed by atoms with Gasteiger partial charge >= 0.3 is 0 Å². The molecule has 0 fully saturated rings. The smallest absolute Gasteiger partial charge is 0.225 e. The minimum absolute atomic E-state index is 0.0913. The normalized spacial score (nSPS) is 12.1. The lowest BCUT2D eigenvalue weighted by atomic mass is 10.1. The molecule has 6 nitrogen and oxygen atoms in total. The van der Waals surface area contributed by atoms with Crippen LogP contribution < -0.4 is 5.32 Å². The van der Waals surface area contributed by atoms with Gasteiger partial charge in [0, 0.05) is 32.4 Å². The maximum atomic E-state index is 11.7. The van der Waals surface area contributed by atoms with Crippen LogP contribution in [-0.2, 0) is 14.4 Å². The van der Waals surface area contributed by atoms with Gasteiger partial charge in [0.15, 0.2) is 0 Å². The molecule has 18 heavy (non-hydrogen) atoms. The van der Waals surface area contributed by atoms with Gasteiger partial charge in [-0.05, 0) is 14.1 Å². The number of aldehydes is 1. The zero-order chi connectivity index (χ0) is 14.1. The van der Waals surface area contributed by atoms with Crippen LogP contribution in [0.2, 0.25) is 0 Å². The van der Waals surface area contributed by atoms with E-state index in [1.54, 1.807) is 14.0 Å². The molecule has 0 aliphatic carbocycles. The number of hydrogen-bond donors (Lipinski definition) is 1. The molecule has 1 N–H and O–H groups in total. The Labute approximate surface area is 108 Å². The van der Waals surface area contributed by atoms with E-state index >= 15 is 0 Å². The average molecular weight is 257 g/mol. The van der Waals surface area contributed by atoms with Gasteiger partial charge in [0.2, 0.25) is 11.8 Å². The van der Waals surface area contributed by atoms with Crippen LogP contribution in [0.5, 0.6) is 0 Å². The van der Waals surface area contributed by atoms with Crippen molar-refractivity contribution in [2.24, 2.45) is 5.92 Å². The first-order valence-electron chi connectivity index (χ1n) is 5.98. The summed E-state index contributed by atoms with van der Waals surface area (Å²) in [5.74, 6) is -0.522. The van der Waals surface area contributed by atoms with Crippen molar-refractivity contribution in [1.29, 1.82) is 0 Å². The fraction of sp³-hybridized carbons (Fsp3) is 0.750. The predicted molar refractivity (Wildman–Crippen MR) is 68.8 cm³/mol. The number of rotatable bonds is 8. The molecule has 0 aromatic carbocycles. The topological polar surface area (TPSA) is 69.7 Å². The van der Waals surface area contributed by atoms with Crippen LogP contribution >= 0.6 is 0 Å². The Morgan fingerprint density at radius 2 is 1.89 bits per heavy atom. The largest absolute Gasteiger partial charge is 0.345 e. The lowest BCUT2D eigenvalue weighted by Crippen LogP contribution is -2.37. The molecular formula is C12H23N3O3. The van der Waals surface area contributed by atoms with E-state index in [1.807, 2.05) is 19.0 Å². The highest BCUT2D eigenvalue weighted by Gasteiger charge is 2.17. The van der Waals surface area contributed by atoms with E-state index in [-0.39, 0.29) is 30.6 Å². The van der Waals surface area contributed by atoms with Crippen molar-refractivity contribution in [2.75, 3.05) is 34.4 Å². The number of nitrogens with zero attached hydrogens (tertiary/aromatic N) is 2. The molecule has 0 saturated carbocycles.